The highest BCUT2D eigenvalue weighted by Crippen LogP contribution is 2.65. The minimum atomic E-state index is -0.728. The van der Waals surface area contributed by atoms with Crippen LogP contribution >= 0.6 is 0 Å². The molecule has 1 N–H and O–H groups in total. The number of oxime groups is 1. The molecule has 0 aromatic heterocycles. The maximum atomic E-state index is 11.8. The maximum Gasteiger partial charge on any atom is 0.304 e. The monoisotopic (exact) mass is 355 g/mol. The molecule has 0 aromatic carbocycles. The zero-order chi connectivity index (χ0) is 18.5. The van der Waals surface area contributed by atoms with Gasteiger partial charge in [0.15, 0.2) is 5.60 Å². The van der Waals surface area contributed by atoms with Crippen molar-refractivity contribution in [2.75, 3.05) is 0 Å². The Kier molecular flexibility index (Phi) is 4.17. The van der Waals surface area contributed by atoms with Crippen LogP contribution in [0.5, 0.6) is 0 Å². The van der Waals surface area contributed by atoms with Gasteiger partial charge in [-0.15, -0.1) is 6.42 Å². The SMILES string of the molecule is C#C[C@@]1(OC(C)=O)CC[C@H]2[C@@H]3CCC4=C/C(=N\O)CC[C@@H]4[C@H]3CC[C@@]21C. The molecule has 3 fully saturated rings. The van der Waals surface area contributed by atoms with E-state index in [0.717, 1.165) is 50.7 Å². The molecule has 6 atom stereocenters. The van der Waals surface area contributed by atoms with E-state index in [1.165, 1.54) is 18.9 Å². The fourth-order valence-corrected chi connectivity index (χ4v) is 6.95. The summed E-state index contributed by atoms with van der Waals surface area (Å²) < 4.78 is 5.81. The standard InChI is InChI=1S/C22H29NO3/c1-4-22(26-14(2)24)12-10-20-19-7-5-15-13-16(23-25)6-8-17(15)18(19)9-11-21(20,22)3/h1,13,17-20,25H,5-12H2,2-3H3/b23-16-/t17-,18+,19+,20-,21-,22+/m0/s1. The van der Waals surface area contributed by atoms with E-state index < -0.39 is 5.60 Å². The molecule has 0 radical (unpaired) electrons. The van der Waals surface area contributed by atoms with Gasteiger partial charge in [0.2, 0.25) is 0 Å². The van der Waals surface area contributed by atoms with Gasteiger partial charge in [0.1, 0.15) is 0 Å². The first kappa shape index (κ1) is 17.6. The highest BCUT2D eigenvalue weighted by molar-refractivity contribution is 5.96. The summed E-state index contributed by atoms with van der Waals surface area (Å²) in [7, 11) is 0. The molecule has 0 bridgehead atoms. The second kappa shape index (κ2) is 6.15. The number of allylic oxidation sites excluding steroid dienone is 2. The molecule has 26 heavy (non-hydrogen) atoms. The fraction of sp³-hybridized carbons (Fsp3) is 0.727. The molecular formula is C22H29NO3. The van der Waals surface area contributed by atoms with Gasteiger partial charge >= 0.3 is 5.97 Å². The fourth-order valence-electron chi connectivity index (χ4n) is 6.95. The van der Waals surface area contributed by atoms with Gasteiger partial charge in [-0.05, 0) is 81.1 Å². The van der Waals surface area contributed by atoms with Crippen LogP contribution in [0.4, 0.5) is 0 Å². The topological polar surface area (TPSA) is 58.9 Å². The van der Waals surface area contributed by atoms with Crippen LogP contribution < -0.4 is 0 Å². The molecule has 0 saturated heterocycles. The zero-order valence-corrected chi connectivity index (χ0v) is 15.8. The Labute approximate surface area is 156 Å². The van der Waals surface area contributed by atoms with E-state index in [-0.39, 0.29) is 11.4 Å². The smallest absolute Gasteiger partial charge is 0.304 e. The van der Waals surface area contributed by atoms with E-state index in [2.05, 4.69) is 24.1 Å². The summed E-state index contributed by atoms with van der Waals surface area (Å²) in [5.74, 6) is 5.17. The molecular weight excluding hydrogens is 326 g/mol. The van der Waals surface area contributed by atoms with Crippen LogP contribution in [-0.4, -0.2) is 22.5 Å². The van der Waals surface area contributed by atoms with E-state index in [1.807, 2.05) is 0 Å². The van der Waals surface area contributed by atoms with Crippen molar-refractivity contribution in [1.82, 2.24) is 0 Å². The second-order valence-electron chi connectivity index (χ2n) is 8.99. The van der Waals surface area contributed by atoms with E-state index in [4.69, 9.17) is 16.4 Å². The summed E-state index contributed by atoms with van der Waals surface area (Å²) in [6.45, 7) is 3.74. The van der Waals surface area contributed by atoms with Crippen LogP contribution in [0.2, 0.25) is 0 Å². The van der Waals surface area contributed by atoms with Gasteiger partial charge in [-0.25, -0.2) is 0 Å². The maximum absolute atomic E-state index is 11.8. The van der Waals surface area contributed by atoms with Crippen LogP contribution in [0.1, 0.15) is 65.2 Å². The van der Waals surface area contributed by atoms with Crippen molar-refractivity contribution in [2.45, 2.75) is 70.8 Å². The van der Waals surface area contributed by atoms with Gasteiger partial charge in [0.25, 0.3) is 0 Å². The predicted octanol–water partition coefficient (Wildman–Crippen LogP) is 4.32. The van der Waals surface area contributed by atoms with Crippen molar-refractivity contribution in [3.63, 3.8) is 0 Å². The molecule has 0 aliphatic heterocycles. The number of carbonyl (C=O) groups excluding carboxylic acids is 1. The molecule has 0 aromatic rings. The van der Waals surface area contributed by atoms with Gasteiger partial charge in [-0.2, -0.15) is 0 Å². The van der Waals surface area contributed by atoms with Crippen molar-refractivity contribution < 1.29 is 14.7 Å². The summed E-state index contributed by atoms with van der Waals surface area (Å²) in [6.07, 6.45) is 16.3. The molecule has 0 amide bonds. The van der Waals surface area contributed by atoms with Crippen LogP contribution in [0.25, 0.3) is 0 Å². The van der Waals surface area contributed by atoms with E-state index in [9.17, 15) is 4.79 Å². The van der Waals surface area contributed by atoms with E-state index in [0.29, 0.717) is 23.7 Å². The first-order valence-electron chi connectivity index (χ1n) is 10.0. The summed E-state index contributed by atoms with van der Waals surface area (Å²) >= 11 is 0. The van der Waals surface area contributed by atoms with Crippen LogP contribution in [-0.2, 0) is 9.53 Å². The van der Waals surface area contributed by atoms with E-state index >= 15 is 0 Å². The molecule has 4 aliphatic rings. The zero-order valence-electron chi connectivity index (χ0n) is 15.8. The molecule has 3 saturated carbocycles. The molecule has 0 unspecified atom stereocenters. The number of fused-ring (bicyclic) bond motifs is 5. The first-order chi connectivity index (χ1) is 12.4. The van der Waals surface area contributed by atoms with Gasteiger partial charge in [-0.1, -0.05) is 23.6 Å². The highest BCUT2D eigenvalue weighted by Gasteiger charge is 2.64. The predicted molar refractivity (Wildman–Crippen MR) is 99.6 cm³/mol. The Hall–Kier alpha value is -1.76. The third-order valence-corrected chi connectivity index (χ3v) is 8.11. The number of nitrogens with zero attached hydrogens (tertiary/aromatic N) is 1. The molecule has 4 aliphatic carbocycles. The molecule has 140 valence electrons. The van der Waals surface area contributed by atoms with Gasteiger partial charge < -0.3 is 9.94 Å². The lowest BCUT2D eigenvalue weighted by Crippen LogP contribution is -2.53. The molecule has 0 spiro atoms. The summed E-state index contributed by atoms with van der Waals surface area (Å²) in [6, 6.07) is 0. The second-order valence-corrected chi connectivity index (χ2v) is 8.99. The van der Waals surface area contributed by atoms with Gasteiger partial charge in [0, 0.05) is 12.3 Å². The molecule has 4 rings (SSSR count). The largest absolute Gasteiger partial charge is 0.445 e. The number of esters is 1. The number of rotatable bonds is 1. The Balaban J connectivity index is 1.63. The Morgan fingerprint density at radius 1 is 1.27 bits per heavy atom. The summed E-state index contributed by atoms with van der Waals surface area (Å²) in [4.78, 5) is 11.8. The van der Waals surface area contributed by atoms with Crippen LogP contribution in [0.3, 0.4) is 0 Å². The number of ether oxygens (including phenoxy) is 1. The number of carbonyl (C=O) groups is 1. The minimum absolute atomic E-state index is 0.109. The number of terminal acetylenes is 1. The van der Waals surface area contributed by atoms with Crippen molar-refractivity contribution in [1.29, 1.82) is 0 Å². The molecule has 4 nitrogen and oxygen atoms in total. The number of hydrogen-bond donors (Lipinski definition) is 1. The Bertz CT molecular complexity index is 717. The molecule has 0 heterocycles. The highest BCUT2D eigenvalue weighted by atomic mass is 16.6. The summed E-state index contributed by atoms with van der Waals surface area (Å²) in [5, 5.41) is 12.5. The van der Waals surface area contributed by atoms with Crippen molar-refractivity contribution >= 4 is 11.7 Å². The lowest BCUT2D eigenvalue weighted by molar-refractivity contribution is -0.167. The summed E-state index contributed by atoms with van der Waals surface area (Å²) in [5.41, 5.74) is 1.48. The Morgan fingerprint density at radius 3 is 2.77 bits per heavy atom. The molecule has 4 heteroatoms. The van der Waals surface area contributed by atoms with Gasteiger partial charge in [-0.3, -0.25) is 4.79 Å². The third kappa shape index (κ3) is 2.36. The lowest BCUT2D eigenvalue weighted by Gasteiger charge is -2.55. The normalized spacial score (nSPS) is 45.7. The van der Waals surface area contributed by atoms with Gasteiger partial charge in [0.05, 0.1) is 5.71 Å². The lowest BCUT2D eigenvalue weighted by atomic mass is 9.50. The van der Waals surface area contributed by atoms with Crippen LogP contribution in [0, 0.1) is 41.4 Å². The Morgan fingerprint density at radius 2 is 2.08 bits per heavy atom. The first-order valence-corrected chi connectivity index (χ1v) is 10.0. The average molecular weight is 355 g/mol. The van der Waals surface area contributed by atoms with E-state index in [1.54, 1.807) is 0 Å². The quantitative estimate of drug-likeness (QED) is 0.330. The third-order valence-electron chi connectivity index (χ3n) is 8.11. The van der Waals surface area contributed by atoms with Crippen molar-refractivity contribution in [3.05, 3.63) is 11.6 Å². The van der Waals surface area contributed by atoms with Crippen molar-refractivity contribution in [3.8, 4) is 12.3 Å². The average Bonchev–Trinajstić information content (AvgIpc) is 2.93. The van der Waals surface area contributed by atoms with Crippen LogP contribution in [0.15, 0.2) is 16.8 Å². The van der Waals surface area contributed by atoms with Crippen molar-refractivity contribution in [2.24, 2.45) is 34.2 Å². The number of hydrogen-bond acceptors (Lipinski definition) is 4. The minimum Gasteiger partial charge on any atom is -0.445 e.